The van der Waals surface area contributed by atoms with Crippen molar-refractivity contribution in [3.8, 4) is 0 Å². The second-order valence-electron chi connectivity index (χ2n) is 8.24. The van der Waals surface area contributed by atoms with Crippen LogP contribution in [-0.4, -0.2) is 52.7 Å². The predicted octanol–water partition coefficient (Wildman–Crippen LogP) is 2.93. The Morgan fingerprint density at radius 3 is 2.54 bits per heavy atom. The lowest BCUT2D eigenvalue weighted by atomic mass is 9.86. The minimum absolute atomic E-state index is 0.170. The average Bonchev–Trinajstić information content (AvgIpc) is 3.04. The van der Waals surface area contributed by atoms with Gasteiger partial charge in [-0.2, -0.15) is 0 Å². The third-order valence-electron chi connectivity index (χ3n) is 4.80. The molecule has 1 spiro atoms. The number of nitrogens with zero attached hydrogens (tertiary/aromatic N) is 4. The third-order valence-corrected chi connectivity index (χ3v) is 4.80. The van der Waals surface area contributed by atoms with E-state index in [0.29, 0.717) is 0 Å². The summed E-state index contributed by atoms with van der Waals surface area (Å²) in [6, 6.07) is 2.05. The molecule has 2 saturated heterocycles. The van der Waals surface area contributed by atoms with E-state index in [1.807, 2.05) is 45.6 Å². The van der Waals surface area contributed by atoms with E-state index in [-0.39, 0.29) is 11.5 Å². The van der Waals surface area contributed by atoms with Gasteiger partial charge in [-0.05, 0) is 47.5 Å². The molecule has 24 heavy (non-hydrogen) atoms. The number of hydrogen-bond donors (Lipinski definition) is 0. The Morgan fingerprint density at radius 1 is 1.17 bits per heavy atom. The fourth-order valence-electron chi connectivity index (χ4n) is 3.74. The Kier molecular flexibility index (Phi) is 4.18. The molecular weight excluding hydrogens is 304 g/mol. The summed E-state index contributed by atoms with van der Waals surface area (Å²) in [7, 11) is 0. The van der Waals surface area contributed by atoms with Gasteiger partial charge >= 0.3 is 6.09 Å². The molecular formula is C18H28N4O2. The summed E-state index contributed by atoms with van der Waals surface area (Å²) in [5.41, 5.74) is 0.731. The normalized spacial score (nSPS) is 24.0. The van der Waals surface area contributed by atoms with Gasteiger partial charge in [0.2, 0.25) is 0 Å². The number of hydrogen-bond acceptors (Lipinski definition) is 5. The van der Waals surface area contributed by atoms with Crippen LogP contribution in [0.2, 0.25) is 0 Å². The first-order valence-corrected chi connectivity index (χ1v) is 8.71. The first-order valence-electron chi connectivity index (χ1n) is 8.71. The second-order valence-corrected chi connectivity index (χ2v) is 8.24. The summed E-state index contributed by atoms with van der Waals surface area (Å²) in [4.78, 5) is 25.5. The number of rotatable bonds is 1. The zero-order valence-electron chi connectivity index (χ0n) is 15.4. The highest BCUT2D eigenvalue weighted by molar-refractivity contribution is 5.68. The van der Waals surface area contributed by atoms with Crippen LogP contribution in [0.15, 0.2) is 6.07 Å². The molecule has 1 atom stereocenters. The standard InChI is InChI=1S/C18H28N4O2/c1-13-10-15(20-14(2)19-13)21-8-6-18(11-21)7-9-22(12-18)16(23)24-17(3,4)5/h10H,6-9,11-12H2,1-5H3. The summed E-state index contributed by atoms with van der Waals surface area (Å²) < 4.78 is 5.52. The molecule has 1 amide bonds. The van der Waals surface area contributed by atoms with Gasteiger partial charge in [-0.15, -0.1) is 0 Å². The SMILES string of the molecule is Cc1cc(N2CCC3(CCN(C(=O)OC(C)(C)C)C3)C2)nc(C)n1. The van der Waals surface area contributed by atoms with Crippen LogP contribution in [0, 0.1) is 19.3 Å². The first kappa shape index (κ1) is 17.0. The molecule has 0 aromatic carbocycles. The van der Waals surface area contributed by atoms with Crippen LogP contribution in [0.25, 0.3) is 0 Å². The molecule has 1 unspecified atom stereocenters. The van der Waals surface area contributed by atoms with E-state index in [1.165, 1.54) is 0 Å². The number of carbonyl (C=O) groups excluding carboxylic acids is 1. The van der Waals surface area contributed by atoms with Gasteiger partial charge in [0, 0.05) is 43.4 Å². The molecule has 2 aliphatic heterocycles. The van der Waals surface area contributed by atoms with Crippen LogP contribution in [0.5, 0.6) is 0 Å². The number of amides is 1. The minimum Gasteiger partial charge on any atom is -0.444 e. The number of aromatic nitrogens is 2. The van der Waals surface area contributed by atoms with Crippen LogP contribution in [-0.2, 0) is 4.74 Å². The van der Waals surface area contributed by atoms with Gasteiger partial charge in [-0.25, -0.2) is 14.8 Å². The molecule has 0 radical (unpaired) electrons. The molecule has 0 saturated carbocycles. The van der Waals surface area contributed by atoms with Gasteiger partial charge in [-0.1, -0.05) is 0 Å². The fraction of sp³-hybridized carbons (Fsp3) is 0.722. The Hall–Kier alpha value is -1.85. The summed E-state index contributed by atoms with van der Waals surface area (Å²) >= 11 is 0. The average molecular weight is 332 g/mol. The maximum atomic E-state index is 12.3. The summed E-state index contributed by atoms with van der Waals surface area (Å²) in [6.07, 6.45) is 1.94. The van der Waals surface area contributed by atoms with Gasteiger partial charge in [0.25, 0.3) is 0 Å². The zero-order valence-corrected chi connectivity index (χ0v) is 15.4. The molecule has 1 aromatic rings. The number of likely N-dealkylation sites (tertiary alicyclic amines) is 1. The van der Waals surface area contributed by atoms with Crippen molar-refractivity contribution in [2.75, 3.05) is 31.1 Å². The third kappa shape index (κ3) is 3.62. The van der Waals surface area contributed by atoms with Crippen LogP contribution in [0.1, 0.15) is 45.1 Å². The lowest BCUT2D eigenvalue weighted by Gasteiger charge is -2.27. The van der Waals surface area contributed by atoms with Crippen LogP contribution >= 0.6 is 0 Å². The van der Waals surface area contributed by atoms with E-state index < -0.39 is 5.60 Å². The van der Waals surface area contributed by atoms with Crippen molar-refractivity contribution in [3.63, 3.8) is 0 Å². The van der Waals surface area contributed by atoms with Gasteiger partial charge in [0.15, 0.2) is 0 Å². The Labute approximate surface area is 144 Å². The topological polar surface area (TPSA) is 58.6 Å². The molecule has 0 N–H and O–H groups in total. The van der Waals surface area contributed by atoms with Crippen molar-refractivity contribution in [2.24, 2.45) is 5.41 Å². The Balaban J connectivity index is 1.66. The number of aryl methyl sites for hydroxylation is 2. The van der Waals surface area contributed by atoms with Gasteiger partial charge in [-0.3, -0.25) is 0 Å². The zero-order chi connectivity index (χ0) is 17.5. The minimum atomic E-state index is -0.440. The van der Waals surface area contributed by atoms with Crippen molar-refractivity contribution >= 4 is 11.9 Å². The highest BCUT2D eigenvalue weighted by Gasteiger charge is 2.45. The number of anilines is 1. The molecule has 0 aliphatic carbocycles. The highest BCUT2D eigenvalue weighted by Crippen LogP contribution is 2.41. The second kappa shape index (κ2) is 5.90. The van der Waals surface area contributed by atoms with E-state index in [1.54, 1.807) is 0 Å². The fourth-order valence-corrected chi connectivity index (χ4v) is 3.74. The molecule has 6 nitrogen and oxygen atoms in total. The summed E-state index contributed by atoms with van der Waals surface area (Å²) in [5.74, 6) is 1.82. The molecule has 6 heteroatoms. The van der Waals surface area contributed by atoms with Crippen LogP contribution < -0.4 is 4.90 Å². The molecule has 2 aliphatic rings. The summed E-state index contributed by atoms with van der Waals surface area (Å²) in [5, 5.41) is 0. The molecule has 3 rings (SSSR count). The molecule has 3 heterocycles. The monoisotopic (exact) mass is 332 g/mol. The molecule has 0 bridgehead atoms. The van der Waals surface area contributed by atoms with E-state index in [9.17, 15) is 4.79 Å². The lowest BCUT2D eigenvalue weighted by Crippen LogP contribution is -2.37. The van der Waals surface area contributed by atoms with Crippen molar-refractivity contribution < 1.29 is 9.53 Å². The predicted molar refractivity (Wildman–Crippen MR) is 93.2 cm³/mol. The van der Waals surface area contributed by atoms with E-state index in [0.717, 1.165) is 56.4 Å². The maximum Gasteiger partial charge on any atom is 0.410 e. The largest absolute Gasteiger partial charge is 0.444 e. The Bertz CT molecular complexity index is 620. The van der Waals surface area contributed by atoms with Gasteiger partial charge < -0.3 is 14.5 Å². The van der Waals surface area contributed by atoms with Gasteiger partial charge in [0.05, 0.1) is 0 Å². The molecule has 132 valence electrons. The van der Waals surface area contributed by atoms with Crippen LogP contribution in [0.3, 0.4) is 0 Å². The summed E-state index contributed by atoms with van der Waals surface area (Å²) in [6.45, 7) is 13.2. The first-order chi connectivity index (χ1) is 11.2. The van der Waals surface area contributed by atoms with Crippen molar-refractivity contribution in [1.29, 1.82) is 0 Å². The molecule has 1 aromatic heterocycles. The van der Waals surface area contributed by atoms with E-state index in [4.69, 9.17) is 4.74 Å². The van der Waals surface area contributed by atoms with Crippen molar-refractivity contribution in [3.05, 3.63) is 17.6 Å². The van der Waals surface area contributed by atoms with Gasteiger partial charge in [0.1, 0.15) is 17.2 Å². The quantitative estimate of drug-likeness (QED) is 0.791. The van der Waals surface area contributed by atoms with Crippen molar-refractivity contribution in [1.82, 2.24) is 14.9 Å². The molecule has 2 fully saturated rings. The highest BCUT2D eigenvalue weighted by atomic mass is 16.6. The van der Waals surface area contributed by atoms with E-state index in [2.05, 4.69) is 14.9 Å². The van der Waals surface area contributed by atoms with Crippen LogP contribution in [0.4, 0.5) is 10.6 Å². The Morgan fingerprint density at radius 2 is 1.88 bits per heavy atom. The number of ether oxygens (including phenoxy) is 1. The van der Waals surface area contributed by atoms with Crippen molar-refractivity contribution in [2.45, 2.75) is 53.1 Å². The maximum absolute atomic E-state index is 12.3. The van der Waals surface area contributed by atoms with E-state index >= 15 is 0 Å². The smallest absolute Gasteiger partial charge is 0.410 e. The number of carbonyl (C=O) groups is 1. The lowest BCUT2D eigenvalue weighted by molar-refractivity contribution is 0.0276.